The first-order valence-corrected chi connectivity index (χ1v) is 13.9. The highest BCUT2D eigenvalue weighted by atomic mass is 16.3. The van der Waals surface area contributed by atoms with Crippen molar-refractivity contribution in [2.45, 2.75) is 122 Å². The molecular formula is C30H48O2. The van der Waals surface area contributed by atoms with E-state index in [1.807, 2.05) is 0 Å². The summed E-state index contributed by atoms with van der Waals surface area (Å²) in [6, 6.07) is 7.26. The monoisotopic (exact) mass is 440 g/mol. The number of aliphatic hydroxyl groups excluding tert-OH is 2. The molecule has 6 atom stereocenters. The molecule has 180 valence electrons. The lowest BCUT2D eigenvalue weighted by atomic mass is 9.52. The highest BCUT2D eigenvalue weighted by molar-refractivity contribution is 5.38. The van der Waals surface area contributed by atoms with Gasteiger partial charge in [0.1, 0.15) is 0 Å². The van der Waals surface area contributed by atoms with Crippen molar-refractivity contribution in [2.75, 3.05) is 6.61 Å². The maximum atomic E-state index is 10.8. The number of fused-ring (bicyclic) bond motifs is 5. The van der Waals surface area contributed by atoms with E-state index >= 15 is 0 Å². The average molecular weight is 441 g/mol. The predicted molar refractivity (Wildman–Crippen MR) is 134 cm³/mol. The topological polar surface area (TPSA) is 40.5 Å². The van der Waals surface area contributed by atoms with Crippen LogP contribution in [0.3, 0.4) is 0 Å². The van der Waals surface area contributed by atoms with Gasteiger partial charge in [0, 0.05) is 6.61 Å². The van der Waals surface area contributed by atoms with E-state index in [-0.39, 0.29) is 11.5 Å². The molecule has 0 saturated heterocycles. The minimum atomic E-state index is -0.0779. The molecule has 0 aliphatic heterocycles. The van der Waals surface area contributed by atoms with Crippen molar-refractivity contribution in [3.8, 4) is 0 Å². The predicted octanol–water partition coefficient (Wildman–Crippen LogP) is 7.33. The van der Waals surface area contributed by atoms with Crippen LogP contribution in [0.25, 0.3) is 0 Å². The van der Waals surface area contributed by atoms with E-state index in [9.17, 15) is 5.11 Å². The van der Waals surface area contributed by atoms with Gasteiger partial charge in [-0.05, 0) is 92.1 Å². The molecule has 3 aliphatic rings. The molecule has 0 amide bonds. The Morgan fingerprint density at radius 1 is 0.906 bits per heavy atom. The molecule has 0 aromatic heterocycles. The first kappa shape index (κ1) is 24.3. The molecule has 2 fully saturated rings. The van der Waals surface area contributed by atoms with E-state index in [1.165, 1.54) is 89.0 Å². The number of benzene rings is 1. The van der Waals surface area contributed by atoms with E-state index in [4.69, 9.17) is 5.11 Å². The summed E-state index contributed by atoms with van der Waals surface area (Å²) in [6.07, 6.45) is 19.0. The molecule has 4 rings (SSSR count). The maximum Gasteiger partial charge on any atom is 0.0596 e. The Hall–Kier alpha value is -0.860. The molecule has 2 heteroatoms. The smallest absolute Gasteiger partial charge is 0.0596 e. The molecule has 4 unspecified atom stereocenters. The summed E-state index contributed by atoms with van der Waals surface area (Å²) in [6.45, 7) is 5.01. The molecule has 2 nitrogen and oxygen atoms in total. The van der Waals surface area contributed by atoms with Crippen LogP contribution in [-0.4, -0.2) is 22.9 Å². The third-order valence-electron chi connectivity index (χ3n) is 9.74. The summed E-state index contributed by atoms with van der Waals surface area (Å²) in [7, 11) is 0. The number of hydrogen-bond donors (Lipinski definition) is 2. The summed E-state index contributed by atoms with van der Waals surface area (Å²) < 4.78 is 0. The van der Waals surface area contributed by atoms with Crippen LogP contribution >= 0.6 is 0 Å². The molecule has 2 N–H and O–H groups in total. The van der Waals surface area contributed by atoms with Gasteiger partial charge in [-0.2, -0.15) is 0 Å². The molecule has 0 radical (unpaired) electrons. The normalized spacial score (nSPS) is 33.6. The van der Waals surface area contributed by atoms with Crippen LogP contribution in [0, 0.1) is 30.1 Å². The minimum absolute atomic E-state index is 0.0779. The van der Waals surface area contributed by atoms with Crippen molar-refractivity contribution in [2.24, 2.45) is 23.2 Å². The Labute approximate surface area is 197 Å². The van der Waals surface area contributed by atoms with Gasteiger partial charge in [0.2, 0.25) is 0 Å². The summed E-state index contributed by atoms with van der Waals surface area (Å²) >= 11 is 0. The Morgan fingerprint density at radius 3 is 2.31 bits per heavy atom. The summed E-state index contributed by atoms with van der Waals surface area (Å²) in [5.41, 5.74) is 4.87. The fourth-order valence-corrected chi connectivity index (χ4v) is 7.93. The van der Waals surface area contributed by atoms with Crippen molar-refractivity contribution < 1.29 is 10.2 Å². The van der Waals surface area contributed by atoms with Gasteiger partial charge in [0.15, 0.2) is 0 Å². The van der Waals surface area contributed by atoms with Crippen molar-refractivity contribution in [1.29, 1.82) is 0 Å². The number of unbranched alkanes of at least 4 members (excludes halogenated alkanes) is 8. The van der Waals surface area contributed by atoms with Crippen LogP contribution in [-0.2, 0) is 6.42 Å². The average Bonchev–Trinajstić information content (AvgIpc) is 3.09. The summed E-state index contributed by atoms with van der Waals surface area (Å²) in [5.74, 6) is 3.04. The Kier molecular flexibility index (Phi) is 8.38. The van der Waals surface area contributed by atoms with E-state index in [1.54, 1.807) is 11.1 Å². The zero-order chi connectivity index (χ0) is 22.6. The number of hydrogen-bond acceptors (Lipinski definition) is 2. The fraction of sp³-hybridized carbons (Fsp3) is 0.800. The molecular weight excluding hydrogens is 392 g/mol. The molecule has 1 aromatic rings. The van der Waals surface area contributed by atoms with Gasteiger partial charge in [-0.15, -0.1) is 0 Å². The van der Waals surface area contributed by atoms with Crippen molar-refractivity contribution in [3.63, 3.8) is 0 Å². The van der Waals surface area contributed by atoms with Crippen molar-refractivity contribution in [1.82, 2.24) is 0 Å². The molecule has 32 heavy (non-hydrogen) atoms. The second-order valence-electron chi connectivity index (χ2n) is 11.8. The Balaban J connectivity index is 1.34. The Bertz CT molecular complexity index is 728. The second-order valence-corrected chi connectivity index (χ2v) is 11.8. The van der Waals surface area contributed by atoms with Crippen LogP contribution in [0.1, 0.15) is 119 Å². The van der Waals surface area contributed by atoms with E-state index in [0.717, 1.165) is 36.5 Å². The summed E-state index contributed by atoms with van der Waals surface area (Å²) in [5, 5.41) is 19.7. The molecule has 1 aromatic carbocycles. The van der Waals surface area contributed by atoms with Gasteiger partial charge in [-0.3, -0.25) is 0 Å². The highest BCUT2D eigenvalue weighted by Crippen LogP contribution is 2.62. The van der Waals surface area contributed by atoms with Gasteiger partial charge >= 0.3 is 0 Å². The largest absolute Gasteiger partial charge is 0.396 e. The lowest BCUT2D eigenvalue weighted by molar-refractivity contribution is -0.0396. The van der Waals surface area contributed by atoms with Crippen LogP contribution in [0.15, 0.2) is 18.2 Å². The first-order chi connectivity index (χ1) is 15.5. The lowest BCUT2D eigenvalue weighted by Gasteiger charge is -2.53. The Morgan fingerprint density at radius 2 is 1.59 bits per heavy atom. The quantitative estimate of drug-likeness (QED) is 0.354. The third kappa shape index (κ3) is 5.12. The number of aryl methyl sites for hydroxylation is 1. The van der Waals surface area contributed by atoms with Gasteiger partial charge in [0.25, 0.3) is 0 Å². The van der Waals surface area contributed by atoms with Gasteiger partial charge in [-0.25, -0.2) is 0 Å². The van der Waals surface area contributed by atoms with Gasteiger partial charge < -0.3 is 10.2 Å². The van der Waals surface area contributed by atoms with Crippen molar-refractivity contribution in [3.05, 3.63) is 34.9 Å². The SMILES string of the molecule is Cc1ccc2c(c1)CC(CCCCCCCCCCCO)C1C2CC[C@@]2(C)C1CC[C@@H]2O. The van der Waals surface area contributed by atoms with Gasteiger partial charge in [0.05, 0.1) is 6.10 Å². The van der Waals surface area contributed by atoms with Gasteiger partial charge in [-0.1, -0.05) is 82.1 Å². The van der Waals surface area contributed by atoms with Crippen LogP contribution in [0.5, 0.6) is 0 Å². The van der Waals surface area contributed by atoms with E-state index in [0.29, 0.717) is 6.61 Å². The molecule has 3 aliphatic carbocycles. The molecule has 0 spiro atoms. The minimum Gasteiger partial charge on any atom is -0.396 e. The zero-order valence-corrected chi connectivity index (χ0v) is 20.8. The number of rotatable bonds is 11. The lowest BCUT2D eigenvalue weighted by Crippen LogP contribution is -2.47. The molecule has 2 saturated carbocycles. The third-order valence-corrected chi connectivity index (χ3v) is 9.74. The van der Waals surface area contributed by atoms with Crippen LogP contribution in [0.4, 0.5) is 0 Å². The maximum absolute atomic E-state index is 10.8. The second kappa shape index (κ2) is 11.0. The molecule has 0 heterocycles. The summed E-state index contributed by atoms with van der Waals surface area (Å²) in [4.78, 5) is 0. The standard InChI is InChI=1S/C30H48O2/c1-22-13-14-25-24(20-22)21-23(12-10-8-6-4-3-5-7-9-11-19-31)29-26(25)17-18-30(2)27(29)15-16-28(30)32/h13-14,20,23,26-29,31-32H,3-12,15-19,21H2,1-2H3/t23?,26?,27?,28-,29?,30-/m0/s1. The number of aliphatic hydroxyl groups is 2. The highest BCUT2D eigenvalue weighted by Gasteiger charge is 2.56. The zero-order valence-electron chi connectivity index (χ0n) is 20.8. The van der Waals surface area contributed by atoms with Crippen LogP contribution < -0.4 is 0 Å². The fourth-order valence-electron chi connectivity index (χ4n) is 7.93. The van der Waals surface area contributed by atoms with Crippen LogP contribution in [0.2, 0.25) is 0 Å². The van der Waals surface area contributed by atoms with Crippen molar-refractivity contribution >= 4 is 0 Å². The van der Waals surface area contributed by atoms with E-state index in [2.05, 4.69) is 32.0 Å². The van der Waals surface area contributed by atoms with E-state index < -0.39 is 0 Å². The molecule has 0 bridgehead atoms. The first-order valence-electron chi connectivity index (χ1n) is 13.9.